The number of rotatable bonds is 3. The zero-order valence-corrected chi connectivity index (χ0v) is 12.6. The molecule has 0 unspecified atom stereocenters. The Morgan fingerprint density at radius 3 is 2.48 bits per heavy atom. The average Bonchev–Trinajstić information content (AvgIpc) is 3.08. The summed E-state index contributed by atoms with van der Waals surface area (Å²) < 4.78 is 31.8. The summed E-state index contributed by atoms with van der Waals surface area (Å²) in [5, 5.41) is 3.28. The second-order valence-electron chi connectivity index (χ2n) is 5.49. The van der Waals surface area contributed by atoms with Gasteiger partial charge in [0, 0.05) is 13.1 Å². The number of sulfonamides is 1. The quantitative estimate of drug-likeness (QED) is 0.814. The smallest absolute Gasteiger partial charge is 0.339 e. The van der Waals surface area contributed by atoms with E-state index in [0.717, 1.165) is 13.1 Å². The van der Waals surface area contributed by atoms with Crippen LogP contribution in [0.5, 0.6) is 0 Å². The van der Waals surface area contributed by atoms with Crippen LogP contribution in [-0.4, -0.2) is 52.0 Å². The van der Waals surface area contributed by atoms with Crippen molar-refractivity contribution in [3.05, 3.63) is 29.8 Å². The average molecular weight is 310 g/mol. The third-order valence-corrected chi connectivity index (χ3v) is 6.16. The van der Waals surface area contributed by atoms with Gasteiger partial charge in [0.2, 0.25) is 10.0 Å². The van der Waals surface area contributed by atoms with E-state index >= 15 is 0 Å². The summed E-state index contributed by atoms with van der Waals surface area (Å²) in [6.45, 7) is 2.73. The van der Waals surface area contributed by atoms with Gasteiger partial charge in [0.1, 0.15) is 0 Å². The number of ether oxygens (including phenoxy) is 1. The number of esters is 1. The Morgan fingerprint density at radius 1 is 1.24 bits per heavy atom. The molecule has 2 fully saturated rings. The summed E-state index contributed by atoms with van der Waals surface area (Å²) in [5.74, 6) is 0.102. The normalized spacial score (nSPS) is 25.8. The van der Waals surface area contributed by atoms with Crippen molar-refractivity contribution in [2.24, 2.45) is 11.8 Å². The minimum absolute atomic E-state index is 0.0322. The Morgan fingerprint density at radius 2 is 1.86 bits per heavy atom. The number of hydrogen-bond acceptors (Lipinski definition) is 5. The molecule has 2 atom stereocenters. The first-order valence-corrected chi connectivity index (χ1v) is 8.36. The van der Waals surface area contributed by atoms with Gasteiger partial charge in [0.05, 0.1) is 17.6 Å². The van der Waals surface area contributed by atoms with Crippen molar-refractivity contribution in [1.82, 2.24) is 9.62 Å². The molecule has 2 heterocycles. The van der Waals surface area contributed by atoms with Gasteiger partial charge in [-0.05, 0) is 37.1 Å². The molecular weight excluding hydrogens is 292 g/mol. The van der Waals surface area contributed by atoms with Crippen molar-refractivity contribution in [2.75, 3.05) is 33.3 Å². The fourth-order valence-corrected chi connectivity index (χ4v) is 4.85. The van der Waals surface area contributed by atoms with Crippen molar-refractivity contribution in [2.45, 2.75) is 4.90 Å². The molecular formula is C14H18N2O4S. The number of fused-ring (bicyclic) bond motifs is 1. The van der Waals surface area contributed by atoms with Gasteiger partial charge in [-0.15, -0.1) is 0 Å². The van der Waals surface area contributed by atoms with Crippen LogP contribution in [0, 0.1) is 11.8 Å². The summed E-state index contributed by atoms with van der Waals surface area (Å²) in [6.07, 6.45) is 0. The molecule has 1 aromatic rings. The maximum absolute atomic E-state index is 12.8. The van der Waals surface area contributed by atoms with Crippen LogP contribution >= 0.6 is 0 Å². The minimum atomic E-state index is -3.66. The molecule has 2 aliphatic heterocycles. The molecule has 7 heteroatoms. The summed E-state index contributed by atoms with van der Waals surface area (Å²) >= 11 is 0. The SMILES string of the molecule is COC(=O)c1ccccc1S(=O)(=O)N1C[C@H]2CNC[C@H]2C1. The lowest BCUT2D eigenvalue weighted by molar-refractivity contribution is 0.0596. The summed E-state index contributed by atoms with van der Waals surface area (Å²) in [4.78, 5) is 11.8. The third kappa shape index (κ3) is 2.45. The Kier molecular flexibility index (Phi) is 3.73. The Balaban J connectivity index is 1.94. The standard InChI is InChI=1S/C14H18N2O4S/c1-20-14(17)12-4-2-3-5-13(12)21(18,19)16-8-10-6-15-7-11(10)9-16/h2-5,10-11,15H,6-9H2,1H3/t10-,11+. The van der Waals surface area contributed by atoms with Gasteiger partial charge in [-0.3, -0.25) is 0 Å². The van der Waals surface area contributed by atoms with Gasteiger partial charge in [-0.25, -0.2) is 13.2 Å². The second kappa shape index (κ2) is 5.40. The van der Waals surface area contributed by atoms with E-state index in [2.05, 4.69) is 10.1 Å². The molecule has 6 nitrogen and oxygen atoms in total. The fourth-order valence-electron chi connectivity index (χ4n) is 3.12. The van der Waals surface area contributed by atoms with Crippen LogP contribution in [0.3, 0.4) is 0 Å². The molecule has 2 saturated heterocycles. The van der Waals surface area contributed by atoms with Crippen LogP contribution in [-0.2, 0) is 14.8 Å². The fraction of sp³-hybridized carbons (Fsp3) is 0.500. The van der Waals surface area contributed by atoms with Crippen LogP contribution in [0.2, 0.25) is 0 Å². The van der Waals surface area contributed by atoms with Crippen molar-refractivity contribution in [3.8, 4) is 0 Å². The van der Waals surface area contributed by atoms with Crippen LogP contribution < -0.4 is 5.32 Å². The molecule has 0 amide bonds. The van der Waals surface area contributed by atoms with E-state index in [-0.39, 0.29) is 10.5 Å². The van der Waals surface area contributed by atoms with E-state index in [1.165, 1.54) is 23.5 Å². The Hall–Kier alpha value is -1.44. The highest BCUT2D eigenvalue weighted by Crippen LogP contribution is 2.31. The van der Waals surface area contributed by atoms with Gasteiger partial charge >= 0.3 is 5.97 Å². The van der Waals surface area contributed by atoms with E-state index in [9.17, 15) is 13.2 Å². The van der Waals surface area contributed by atoms with E-state index in [1.807, 2.05) is 0 Å². The van der Waals surface area contributed by atoms with Crippen molar-refractivity contribution in [3.63, 3.8) is 0 Å². The molecule has 0 bridgehead atoms. The Bertz CT molecular complexity index is 647. The van der Waals surface area contributed by atoms with Gasteiger partial charge in [-0.2, -0.15) is 4.31 Å². The third-order valence-electron chi connectivity index (χ3n) is 4.27. The number of benzene rings is 1. The van der Waals surface area contributed by atoms with Crippen LogP contribution in [0.15, 0.2) is 29.2 Å². The van der Waals surface area contributed by atoms with Gasteiger partial charge in [-0.1, -0.05) is 12.1 Å². The first-order valence-electron chi connectivity index (χ1n) is 6.92. The molecule has 21 heavy (non-hydrogen) atoms. The summed E-state index contributed by atoms with van der Waals surface area (Å²) in [6, 6.07) is 6.21. The van der Waals surface area contributed by atoms with E-state index in [1.54, 1.807) is 12.1 Å². The van der Waals surface area contributed by atoms with Crippen molar-refractivity contribution in [1.29, 1.82) is 0 Å². The van der Waals surface area contributed by atoms with Crippen LogP contribution in [0.4, 0.5) is 0 Å². The lowest BCUT2D eigenvalue weighted by atomic mass is 10.0. The largest absolute Gasteiger partial charge is 0.465 e. The molecule has 0 aliphatic carbocycles. The monoisotopic (exact) mass is 310 g/mol. The van der Waals surface area contributed by atoms with Gasteiger partial charge < -0.3 is 10.1 Å². The summed E-state index contributed by atoms with van der Waals surface area (Å²) in [5.41, 5.74) is 0.0928. The minimum Gasteiger partial charge on any atom is -0.465 e. The molecule has 0 radical (unpaired) electrons. The number of carbonyl (C=O) groups excluding carboxylic acids is 1. The number of methoxy groups -OCH3 is 1. The van der Waals surface area contributed by atoms with E-state index < -0.39 is 16.0 Å². The van der Waals surface area contributed by atoms with Gasteiger partial charge in [0.15, 0.2) is 0 Å². The van der Waals surface area contributed by atoms with Crippen LogP contribution in [0.1, 0.15) is 10.4 Å². The first kappa shape index (κ1) is 14.5. The highest BCUT2D eigenvalue weighted by Gasteiger charge is 2.42. The van der Waals surface area contributed by atoms with E-state index in [4.69, 9.17) is 0 Å². The number of nitrogens with zero attached hydrogens (tertiary/aromatic N) is 1. The molecule has 1 N–H and O–H groups in total. The predicted octanol–water partition coefficient (Wildman–Crippen LogP) is 0.313. The summed E-state index contributed by atoms with van der Waals surface area (Å²) in [7, 11) is -2.41. The Labute approximate surface area is 124 Å². The first-order chi connectivity index (χ1) is 10.0. The number of carbonyl (C=O) groups is 1. The highest BCUT2D eigenvalue weighted by atomic mass is 32.2. The molecule has 2 aliphatic rings. The molecule has 114 valence electrons. The molecule has 0 aromatic heterocycles. The second-order valence-corrected chi connectivity index (χ2v) is 7.39. The molecule has 1 aromatic carbocycles. The zero-order valence-electron chi connectivity index (χ0n) is 11.8. The van der Waals surface area contributed by atoms with Crippen molar-refractivity contribution < 1.29 is 17.9 Å². The molecule has 0 spiro atoms. The number of nitrogens with one attached hydrogen (secondary N) is 1. The molecule has 3 rings (SSSR count). The van der Waals surface area contributed by atoms with Crippen molar-refractivity contribution >= 4 is 16.0 Å². The lowest BCUT2D eigenvalue weighted by Gasteiger charge is -2.19. The van der Waals surface area contributed by atoms with Gasteiger partial charge in [0.25, 0.3) is 0 Å². The van der Waals surface area contributed by atoms with E-state index in [0.29, 0.717) is 24.9 Å². The maximum atomic E-state index is 12.8. The predicted molar refractivity (Wildman–Crippen MR) is 76.4 cm³/mol. The maximum Gasteiger partial charge on any atom is 0.339 e. The van der Waals surface area contributed by atoms with Crippen LogP contribution in [0.25, 0.3) is 0 Å². The highest BCUT2D eigenvalue weighted by molar-refractivity contribution is 7.89. The lowest BCUT2D eigenvalue weighted by Crippen LogP contribution is -2.33. The zero-order chi connectivity index (χ0) is 15.0. The molecule has 0 saturated carbocycles. The topological polar surface area (TPSA) is 75.7 Å². The number of hydrogen-bond donors (Lipinski definition) is 1.